The summed E-state index contributed by atoms with van der Waals surface area (Å²) in [5, 5.41) is 0. The van der Waals surface area contributed by atoms with Crippen molar-refractivity contribution in [2.45, 2.75) is 26.5 Å². The Kier molecular flexibility index (Phi) is 10.0. The van der Waals surface area contributed by atoms with E-state index in [0.717, 1.165) is 12.6 Å². The van der Waals surface area contributed by atoms with Crippen LogP contribution in [-0.2, 0) is 4.65 Å². The lowest BCUT2D eigenvalue weighted by molar-refractivity contribution is 0.420. The lowest BCUT2D eigenvalue weighted by atomic mass is 9.63. The standard InChI is InChI=1S/C5H13BO.H4Si/c1-4-6(5-2)7-3;/h4-5H2,1-3H3;1H4. The van der Waals surface area contributed by atoms with Crippen molar-refractivity contribution in [3.05, 3.63) is 0 Å². The Morgan fingerprint density at radius 1 is 1.25 bits per heavy atom. The minimum atomic E-state index is 0. The maximum Gasteiger partial charge on any atom is 0.292 e. The van der Waals surface area contributed by atoms with E-state index in [9.17, 15) is 0 Å². The van der Waals surface area contributed by atoms with Gasteiger partial charge in [-0.3, -0.25) is 0 Å². The molecule has 0 spiro atoms. The van der Waals surface area contributed by atoms with Crippen LogP contribution in [0.5, 0.6) is 0 Å². The van der Waals surface area contributed by atoms with Gasteiger partial charge in [0.15, 0.2) is 0 Å². The summed E-state index contributed by atoms with van der Waals surface area (Å²) in [4.78, 5) is 0. The summed E-state index contributed by atoms with van der Waals surface area (Å²) in [7, 11) is 1.76. The Morgan fingerprint density at radius 3 is 1.62 bits per heavy atom. The van der Waals surface area contributed by atoms with Gasteiger partial charge in [0.25, 0.3) is 6.92 Å². The first-order valence-corrected chi connectivity index (χ1v) is 2.87. The largest absolute Gasteiger partial charge is 0.439 e. The van der Waals surface area contributed by atoms with E-state index in [2.05, 4.69) is 13.8 Å². The molecule has 0 heterocycles. The van der Waals surface area contributed by atoms with E-state index < -0.39 is 0 Å². The Hall–Kier alpha value is 0.242. The van der Waals surface area contributed by atoms with E-state index in [1.54, 1.807) is 7.11 Å². The number of hydrogen-bond acceptors (Lipinski definition) is 1. The van der Waals surface area contributed by atoms with Crippen LogP contribution in [0.3, 0.4) is 0 Å². The van der Waals surface area contributed by atoms with Gasteiger partial charge in [-0.25, -0.2) is 0 Å². The van der Waals surface area contributed by atoms with Crippen LogP contribution < -0.4 is 0 Å². The Balaban J connectivity index is 0. The predicted molar refractivity (Wildman–Crippen MR) is 45.1 cm³/mol. The van der Waals surface area contributed by atoms with Gasteiger partial charge >= 0.3 is 0 Å². The Morgan fingerprint density at radius 2 is 1.62 bits per heavy atom. The summed E-state index contributed by atoms with van der Waals surface area (Å²) in [5.41, 5.74) is 0. The van der Waals surface area contributed by atoms with Crippen molar-refractivity contribution in [1.82, 2.24) is 0 Å². The van der Waals surface area contributed by atoms with Gasteiger partial charge in [-0.1, -0.05) is 26.5 Å². The fourth-order valence-corrected chi connectivity index (χ4v) is 0.622. The van der Waals surface area contributed by atoms with Crippen molar-refractivity contribution >= 4 is 17.9 Å². The minimum absolute atomic E-state index is 0. The molecule has 0 aliphatic carbocycles. The van der Waals surface area contributed by atoms with Crippen molar-refractivity contribution in [2.24, 2.45) is 0 Å². The van der Waals surface area contributed by atoms with Crippen LogP contribution in [0.15, 0.2) is 0 Å². The van der Waals surface area contributed by atoms with Gasteiger partial charge < -0.3 is 4.65 Å². The molecular weight excluding hydrogens is 115 g/mol. The maximum atomic E-state index is 5.05. The molecule has 3 heteroatoms. The van der Waals surface area contributed by atoms with E-state index in [0.29, 0.717) is 6.92 Å². The smallest absolute Gasteiger partial charge is 0.292 e. The van der Waals surface area contributed by atoms with E-state index in [1.165, 1.54) is 0 Å². The molecule has 0 bridgehead atoms. The second-order valence-electron chi connectivity index (χ2n) is 1.67. The maximum absolute atomic E-state index is 5.05. The third kappa shape index (κ3) is 4.40. The first-order chi connectivity index (χ1) is 3.35. The van der Waals surface area contributed by atoms with Crippen LogP contribution in [0.1, 0.15) is 13.8 Å². The van der Waals surface area contributed by atoms with Crippen molar-refractivity contribution in [1.29, 1.82) is 0 Å². The molecule has 0 aliphatic rings. The molecule has 1 nitrogen and oxygen atoms in total. The average molecular weight is 132 g/mol. The zero-order chi connectivity index (χ0) is 5.70. The van der Waals surface area contributed by atoms with Gasteiger partial charge in [0.05, 0.1) is 0 Å². The normalized spacial score (nSPS) is 7.88. The van der Waals surface area contributed by atoms with Gasteiger partial charge in [0.1, 0.15) is 0 Å². The van der Waals surface area contributed by atoms with Crippen molar-refractivity contribution in [3.63, 3.8) is 0 Å². The first-order valence-electron chi connectivity index (χ1n) is 2.87. The van der Waals surface area contributed by atoms with Crippen molar-refractivity contribution < 1.29 is 4.65 Å². The molecule has 8 heavy (non-hydrogen) atoms. The van der Waals surface area contributed by atoms with Gasteiger partial charge in [-0.05, 0) is 11.0 Å². The molecule has 0 saturated carbocycles. The second kappa shape index (κ2) is 7.24. The van der Waals surface area contributed by atoms with Crippen LogP contribution in [-0.4, -0.2) is 25.0 Å². The van der Waals surface area contributed by atoms with Crippen molar-refractivity contribution in [3.8, 4) is 0 Å². The molecule has 0 radical (unpaired) electrons. The fraction of sp³-hybridized carbons (Fsp3) is 1.00. The summed E-state index contributed by atoms with van der Waals surface area (Å²) in [6.07, 6.45) is 2.26. The van der Waals surface area contributed by atoms with Crippen LogP contribution in [0.25, 0.3) is 0 Å². The number of rotatable bonds is 3. The predicted octanol–water partition coefficient (Wildman–Crippen LogP) is 0.212. The summed E-state index contributed by atoms with van der Waals surface area (Å²) in [6.45, 7) is 4.76. The number of hydrogen-bond donors (Lipinski definition) is 0. The highest BCUT2D eigenvalue weighted by Gasteiger charge is 2.04. The summed E-state index contributed by atoms with van der Waals surface area (Å²) >= 11 is 0. The van der Waals surface area contributed by atoms with Crippen LogP contribution in [0, 0.1) is 0 Å². The lowest BCUT2D eigenvalue weighted by Crippen LogP contribution is -2.11. The van der Waals surface area contributed by atoms with Gasteiger partial charge in [0, 0.05) is 7.11 Å². The molecule has 0 aromatic heterocycles. The highest BCUT2D eigenvalue weighted by atomic mass is 28.1. The van der Waals surface area contributed by atoms with E-state index in [-0.39, 0.29) is 11.0 Å². The van der Waals surface area contributed by atoms with Crippen LogP contribution in [0.4, 0.5) is 0 Å². The molecule has 0 N–H and O–H groups in total. The first kappa shape index (κ1) is 11.1. The SMILES string of the molecule is CCB(CC)OC.[SiH4]. The zero-order valence-electron chi connectivity index (χ0n) is 5.40. The molecule has 50 valence electrons. The van der Waals surface area contributed by atoms with E-state index in [1.807, 2.05) is 0 Å². The second-order valence-corrected chi connectivity index (χ2v) is 1.67. The zero-order valence-corrected chi connectivity index (χ0v) is 5.40. The summed E-state index contributed by atoms with van der Waals surface area (Å²) in [5.74, 6) is 0. The topological polar surface area (TPSA) is 9.23 Å². The molecule has 0 fully saturated rings. The van der Waals surface area contributed by atoms with Gasteiger partial charge in [-0.15, -0.1) is 0 Å². The Bertz CT molecular complexity index is 33.9. The van der Waals surface area contributed by atoms with Gasteiger partial charge in [-0.2, -0.15) is 0 Å². The highest BCUT2D eigenvalue weighted by molar-refractivity contribution is 6.51. The third-order valence-corrected chi connectivity index (χ3v) is 1.24. The molecule has 0 aromatic rings. The van der Waals surface area contributed by atoms with E-state index >= 15 is 0 Å². The molecule has 0 aliphatic heterocycles. The fourth-order valence-electron chi connectivity index (χ4n) is 0.622. The monoisotopic (exact) mass is 132 g/mol. The molecule has 0 unspecified atom stereocenters. The van der Waals surface area contributed by atoms with Crippen molar-refractivity contribution in [2.75, 3.05) is 7.11 Å². The molecule has 0 rings (SSSR count). The van der Waals surface area contributed by atoms with E-state index in [4.69, 9.17) is 4.65 Å². The lowest BCUT2D eigenvalue weighted by Gasteiger charge is -2.01. The third-order valence-electron chi connectivity index (χ3n) is 1.24. The molecule has 0 amide bonds. The average Bonchev–Trinajstić information content (AvgIpc) is 1.72. The molecular formula is C5H17BOSi. The molecule has 0 saturated heterocycles. The summed E-state index contributed by atoms with van der Waals surface area (Å²) < 4.78 is 5.05. The Labute approximate surface area is 56.9 Å². The quantitative estimate of drug-likeness (QED) is 0.499. The van der Waals surface area contributed by atoms with Gasteiger partial charge in [0.2, 0.25) is 0 Å². The molecule has 0 atom stereocenters. The van der Waals surface area contributed by atoms with Crippen LogP contribution >= 0.6 is 0 Å². The molecule has 0 aromatic carbocycles. The minimum Gasteiger partial charge on any atom is -0.439 e. The van der Waals surface area contributed by atoms with Crippen LogP contribution in [0.2, 0.25) is 12.6 Å². The summed E-state index contributed by atoms with van der Waals surface area (Å²) in [6, 6.07) is 0. The highest BCUT2D eigenvalue weighted by Crippen LogP contribution is 1.95.